The molecule has 0 unspecified atom stereocenters. The topological polar surface area (TPSA) is 75.6 Å². The minimum absolute atomic E-state index is 0.0923. The largest absolute Gasteiger partial charge is 0.360 e. The van der Waals surface area contributed by atoms with Crippen LogP contribution >= 0.6 is 0 Å². The van der Waals surface area contributed by atoms with Gasteiger partial charge >= 0.3 is 0 Å². The van der Waals surface area contributed by atoms with Crippen LogP contribution in [0.4, 0.5) is 0 Å². The van der Waals surface area contributed by atoms with Gasteiger partial charge in [-0.2, -0.15) is 0 Å². The maximum atomic E-state index is 12.6. The first kappa shape index (κ1) is 15.1. The van der Waals surface area contributed by atoms with Crippen molar-refractivity contribution in [3.05, 3.63) is 78.2 Å². The zero-order valence-corrected chi connectivity index (χ0v) is 13.7. The lowest BCUT2D eigenvalue weighted by atomic mass is 10.1. The van der Waals surface area contributed by atoms with E-state index >= 15 is 0 Å². The SMILES string of the molecule is C[C@H](NC(=O)c1c[nH]c2ccccc12)c1ccc(-n2ccnn2)cc1. The Morgan fingerprint density at radius 1 is 1.16 bits per heavy atom. The number of hydrogen-bond donors (Lipinski definition) is 2. The second kappa shape index (κ2) is 6.24. The minimum atomic E-state index is -0.106. The van der Waals surface area contributed by atoms with Crippen molar-refractivity contribution in [3.8, 4) is 5.69 Å². The molecule has 4 aromatic rings. The molecule has 1 amide bonds. The summed E-state index contributed by atoms with van der Waals surface area (Å²) in [5, 5.41) is 11.7. The maximum Gasteiger partial charge on any atom is 0.253 e. The van der Waals surface area contributed by atoms with Crippen molar-refractivity contribution in [1.29, 1.82) is 0 Å². The van der Waals surface area contributed by atoms with Crippen molar-refractivity contribution >= 4 is 16.8 Å². The molecule has 0 bridgehead atoms. The van der Waals surface area contributed by atoms with Crippen LogP contribution in [0.5, 0.6) is 0 Å². The predicted molar refractivity (Wildman–Crippen MR) is 95.5 cm³/mol. The van der Waals surface area contributed by atoms with Crippen molar-refractivity contribution in [2.75, 3.05) is 0 Å². The Morgan fingerprint density at radius 3 is 2.72 bits per heavy atom. The fraction of sp³-hybridized carbons (Fsp3) is 0.105. The van der Waals surface area contributed by atoms with Crippen LogP contribution in [0.2, 0.25) is 0 Å². The van der Waals surface area contributed by atoms with Crippen LogP contribution in [0.15, 0.2) is 67.1 Å². The Morgan fingerprint density at radius 2 is 1.96 bits per heavy atom. The summed E-state index contributed by atoms with van der Waals surface area (Å²) in [5.74, 6) is -0.0923. The lowest BCUT2D eigenvalue weighted by Crippen LogP contribution is -2.26. The number of benzene rings is 2. The summed E-state index contributed by atoms with van der Waals surface area (Å²) in [5.41, 5.74) is 3.56. The van der Waals surface area contributed by atoms with Gasteiger partial charge in [-0.25, -0.2) is 4.68 Å². The zero-order valence-electron chi connectivity index (χ0n) is 13.7. The highest BCUT2D eigenvalue weighted by Crippen LogP contribution is 2.20. The minimum Gasteiger partial charge on any atom is -0.360 e. The monoisotopic (exact) mass is 331 g/mol. The van der Waals surface area contributed by atoms with E-state index in [-0.39, 0.29) is 11.9 Å². The van der Waals surface area contributed by atoms with Gasteiger partial charge in [0.25, 0.3) is 5.91 Å². The molecule has 0 fully saturated rings. The Labute approximate surface area is 144 Å². The highest BCUT2D eigenvalue weighted by atomic mass is 16.1. The average Bonchev–Trinajstić information content (AvgIpc) is 3.31. The molecule has 0 aliphatic rings. The van der Waals surface area contributed by atoms with Gasteiger partial charge in [0.1, 0.15) is 0 Å². The molecule has 0 radical (unpaired) electrons. The van der Waals surface area contributed by atoms with Gasteiger partial charge < -0.3 is 10.3 Å². The lowest BCUT2D eigenvalue weighted by molar-refractivity contribution is 0.0941. The number of para-hydroxylation sites is 1. The molecule has 2 aromatic heterocycles. The molecule has 2 aromatic carbocycles. The van der Waals surface area contributed by atoms with Crippen LogP contribution in [0.25, 0.3) is 16.6 Å². The van der Waals surface area contributed by atoms with Gasteiger partial charge in [0.15, 0.2) is 0 Å². The second-order valence-corrected chi connectivity index (χ2v) is 5.88. The van der Waals surface area contributed by atoms with E-state index in [0.29, 0.717) is 5.56 Å². The van der Waals surface area contributed by atoms with Crippen molar-refractivity contribution in [3.63, 3.8) is 0 Å². The van der Waals surface area contributed by atoms with Crippen LogP contribution in [-0.4, -0.2) is 25.9 Å². The van der Waals surface area contributed by atoms with E-state index in [2.05, 4.69) is 20.6 Å². The number of aromatic nitrogens is 4. The molecule has 0 saturated heterocycles. The van der Waals surface area contributed by atoms with Crippen molar-refractivity contribution in [2.45, 2.75) is 13.0 Å². The summed E-state index contributed by atoms with van der Waals surface area (Å²) in [6.45, 7) is 1.97. The first-order chi connectivity index (χ1) is 12.2. The van der Waals surface area contributed by atoms with E-state index in [9.17, 15) is 4.79 Å². The summed E-state index contributed by atoms with van der Waals surface area (Å²) in [4.78, 5) is 15.7. The fourth-order valence-corrected chi connectivity index (χ4v) is 2.88. The first-order valence-electron chi connectivity index (χ1n) is 8.06. The third kappa shape index (κ3) is 2.89. The average molecular weight is 331 g/mol. The Kier molecular flexibility index (Phi) is 3.78. The van der Waals surface area contributed by atoms with Gasteiger partial charge in [0.2, 0.25) is 0 Å². The van der Waals surface area contributed by atoms with E-state index in [4.69, 9.17) is 0 Å². The quantitative estimate of drug-likeness (QED) is 0.603. The number of carbonyl (C=O) groups is 1. The number of H-pyrrole nitrogens is 1. The molecule has 4 rings (SSSR count). The summed E-state index contributed by atoms with van der Waals surface area (Å²) < 4.78 is 1.69. The molecule has 0 saturated carbocycles. The number of hydrogen-bond acceptors (Lipinski definition) is 3. The predicted octanol–water partition coefficient (Wildman–Crippen LogP) is 3.24. The van der Waals surface area contributed by atoms with Crippen molar-refractivity contribution < 1.29 is 4.79 Å². The number of nitrogens with one attached hydrogen (secondary N) is 2. The molecule has 0 aliphatic carbocycles. The summed E-state index contributed by atoms with van der Waals surface area (Å²) in [7, 11) is 0. The fourth-order valence-electron chi connectivity index (χ4n) is 2.88. The maximum absolute atomic E-state index is 12.6. The summed E-state index contributed by atoms with van der Waals surface area (Å²) >= 11 is 0. The first-order valence-corrected chi connectivity index (χ1v) is 8.06. The Hall–Kier alpha value is -3.41. The molecule has 6 heteroatoms. The van der Waals surface area contributed by atoms with Gasteiger partial charge in [-0.3, -0.25) is 4.79 Å². The van der Waals surface area contributed by atoms with Crippen molar-refractivity contribution in [1.82, 2.24) is 25.3 Å². The van der Waals surface area contributed by atoms with Gasteiger partial charge in [0.05, 0.1) is 29.7 Å². The smallest absolute Gasteiger partial charge is 0.253 e. The van der Waals surface area contributed by atoms with Crippen LogP contribution in [0.1, 0.15) is 28.9 Å². The molecule has 0 spiro atoms. The number of nitrogens with zero attached hydrogens (tertiary/aromatic N) is 3. The number of carbonyl (C=O) groups excluding carboxylic acids is 1. The summed E-state index contributed by atoms with van der Waals surface area (Å²) in [6.07, 6.45) is 5.18. The van der Waals surface area contributed by atoms with E-state index in [1.165, 1.54) is 0 Å². The molecular formula is C19H17N5O. The molecule has 1 atom stereocenters. The molecule has 124 valence electrons. The van der Waals surface area contributed by atoms with E-state index in [0.717, 1.165) is 22.2 Å². The number of aromatic amines is 1. The molecular weight excluding hydrogens is 314 g/mol. The normalized spacial score (nSPS) is 12.2. The number of amides is 1. The van der Waals surface area contributed by atoms with E-state index in [1.54, 1.807) is 23.3 Å². The number of fused-ring (bicyclic) bond motifs is 1. The van der Waals surface area contributed by atoms with Crippen LogP contribution in [0.3, 0.4) is 0 Å². The molecule has 25 heavy (non-hydrogen) atoms. The van der Waals surface area contributed by atoms with Gasteiger partial charge in [0, 0.05) is 17.1 Å². The molecule has 6 nitrogen and oxygen atoms in total. The zero-order chi connectivity index (χ0) is 17.2. The molecule has 2 heterocycles. The summed E-state index contributed by atoms with van der Waals surface area (Å²) in [6, 6.07) is 15.5. The Balaban J connectivity index is 1.51. The third-order valence-electron chi connectivity index (χ3n) is 4.26. The second-order valence-electron chi connectivity index (χ2n) is 5.88. The standard InChI is InChI=1S/C19H17N5O/c1-13(14-6-8-15(9-7-14)24-11-10-21-23-24)22-19(25)17-12-20-18-5-3-2-4-16(17)18/h2-13,20H,1H3,(H,22,25)/t13-/m0/s1. The van der Waals surface area contributed by atoms with Gasteiger partial charge in [-0.15, -0.1) is 5.10 Å². The molecule has 2 N–H and O–H groups in total. The lowest BCUT2D eigenvalue weighted by Gasteiger charge is -2.14. The van der Waals surface area contributed by atoms with E-state index < -0.39 is 0 Å². The highest BCUT2D eigenvalue weighted by molar-refractivity contribution is 6.06. The van der Waals surface area contributed by atoms with Crippen LogP contribution in [0, 0.1) is 0 Å². The Bertz CT molecular complexity index is 1000. The van der Waals surface area contributed by atoms with Gasteiger partial charge in [-0.1, -0.05) is 35.5 Å². The van der Waals surface area contributed by atoms with Gasteiger partial charge in [-0.05, 0) is 30.7 Å². The van der Waals surface area contributed by atoms with Crippen LogP contribution in [-0.2, 0) is 0 Å². The third-order valence-corrected chi connectivity index (χ3v) is 4.26. The van der Waals surface area contributed by atoms with Crippen LogP contribution < -0.4 is 5.32 Å². The highest BCUT2D eigenvalue weighted by Gasteiger charge is 2.15. The molecule has 0 aliphatic heterocycles. The van der Waals surface area contributed by atoms with E-state index in [1.807, 2.05) is 55.5 Å². The number of rotatable bonds is 4. The van der Waals surface area contributed by atoms with Crippen molar-refractivity contribution in [2.24, 2.45) is 0 Å².